The molecule has 7 nitrogen and oxygen atoms in total. The molecule has 0 aromatic carbocycles. The van der Waals surface area contributed by atoms with E-state index in [9.17, 15) is 18.4 Å². The van der Waals surface area contributed by atoms with Crippen LogP contribution in [0, 0.1) is 0 Å². The van der Waals surface area contributed by atoms with Crippen molar-refractivity contribution in [2.75, 3.05) is 19.6 Å². The van der Waals surface area contributed by atoms with E-state index in [2.05, 4.69) is 15.3 Å². The van der Waals surface area contributed by atoms with Crippen LogP contribution in [0.5, 0.6) is 0 Å². The quantitative estimate of drug-likeness (QED) is 0.713. The van der Waals surface area contributed by atoms with Gasteiger partial charge < -0.3 is 10.2 Å². The molecule has 0 aliphatic carbocycles. The third kappa shape index (κ3) is 3.87. The van der Waals surface area contributed by atoms with Crippen molar-refractivity contribution in [1.82, 2.24) is 24.8 Å². The highest BCUT2D eigenvalue weighted by molar-refractivity contribution is 5.97. The summed E-state index contributed by atoms with van der Waals surface area (Å²) in [6.07, 6.45) is 4.22. The molecule has 156 valence electrons. The van der Waals surface area contributed by atoms with Crippen molar-refractivity contribution in [3.8, 4) is 5.69 Å². The molecule has 0 bridgehead atoms. The molecule has 2 amide bonds. The summed E-state index contributed by atoms with van der Waals surface area (Å²) in [4.78, 5) is 34.6. The lowest BCUT2D eigenvalue weighted by Gasteiger charge is -2.31. The van der Waals surface area contributed by atoms with Gasteiger partial charge in [-0.2, -0.15) is 0 Å². The van der Waals surface area contributed by atoms with E-state index in [4.69, 9.17) is 0 Å². The summed E-state index contributed by atoms with van der Waals surface area (Å²) in [5, 5.41) is 3.44. The number of hydrogen-bond donors (Lipinski definition) is 1. The standard InChI is InChI=1S/C21H21F2N5O2/c1-2-24-19(29)17-4-3-16(13-25-17)28-8-5-14-11-15(12-26-18(14)28)20(30)27-9-6-21(22,23)7-10-27/h3-5,8,11-13H,2,6-7,9-10H2,1H3,(H,24,29). The zero-order valence-electron chi connectivity index (χ0n) is 16.4. The van der Waals surface area contributed by atoms with Crippen molar-refractivity contribution in [2.24, 2.45) is 0 Å². The largest absolute Gasteiger partial charge is 0.351 e. The number of alkyl halides is 2. The molecular weight excluding hydrogens is 392 g/mol. The van der Waals surface area contributed by atoms with Crippen LogP contribution in [0.2, 0.25) is 0 Å². The number of nitrogens with one attached hydrogen (secondary N) is 1. The zero-order valence-corrected chi connectivity index (χ0v) is 16.4. The number of carbonyl (C=O) groups is 2. The van der Waals surface area contributed by atoms with Gasteiger partial charge in [-0.05, 0) is 31.2 Å². The Bertz CT molecular complexity index is 1080. The molecule has 9 heteroatoms. The summed E-state index contributed by atoms with van der Waals surface area (Å²) in [5.74, 6) is -3.23. The third-order valence-electron chi connectivity index (χ3n) is 5.15. The Morgan fingerprint density at radius 2 is 1.90 bits per heavy atom. The van der Waals surface area contributed by atoms with E-state index in [0.29, 0.717) is 23.4 Å². The molecule has 0 unspecified atom stereocenters. The van der Waals surface area contributed by atoms with Crippen LogP contribution in [0.4, 0.5) is 8.78 Å². The van der Waals surface area contributed by atoms with Crippen molar-refractivity contribution >= 4 is 22.8 Å². The zero-order chi connectivity index (χ0) is 21.3. The number of fused-ring (bicyclic) bond motifs is 1. The number of aromatic nitrogens is 3. The summed E-state index contributed by atoms with van der Waals surface area (Å²) >= 11 is 0. The summed E-state index contributed by atoms with van der Waals surface area (Å²) in [6, 6.07) is 6.94. The lowest BCUT2D eigenvalue weighted by atomic mass is 10.1. The summed E-state index contributed by atoms with van der Waals surface area (Å²) in [6.45, 7) is 2.43. The Morgan fingerprint density at radius 1 is 1.13 bits per heavy atom. The molecule has 3 aromatic heterocycles. The molecule has 1 fully saturated rings. The van der Waals surface area contributed by atoms with Crippen LogP contribution in [-0.2, 0) is 0 Å². The average molecular weight is 413 g/mol. The molecule has 1 saturated heterocycles. The summed E-state index contributed by atoms with van der Waals surface area (Å²) in [7, 11) is 0. The van der Waals surface area contributed by atoms with Gasteiger partial charge in [0.15, 0.2) is 0 Å². The van der Waals surface area contributed by atoms with Crippen LogP contribution >= 0.6 is 0 Å². The van der Waals surface area contributed by atoms with Crippen molar-refractivity contribution in [2.45, 2.75) is 25.7 Å². The second-order valence-electron chi connectivity index (χ2n) is 7.23. The van der Waals surface area contributed by atoms with E-state index in [1.165, 1.54) is 11.1 Å². The van der Waals surface area contributed by atoms with E-state index in [0.717, 1.165) is 11.1 Å². The average Bonchev–Trinajstić information content (AvgIpc) is 3.17. The second-order valence-corrected chi connectivity index (χ2v) is 7.23. The van der Waals surface area contributed by atoms with Gasteiger partial charge >= 0.3 is 0 Å². The van der Waals surface area contributed by atoms with E-state index < -0.39 is 5.92 Å². The molecule has 0 atom stereocenters. The van der Waals surface area contributed by atoms with Crippen molar-refractivity contribution in [3.05, 3.63) is 54.1 Å². The number of rotatable bonds is 4. The SMILES string of the molecule is CCNC(=O)c1ccc(-n2ccc3cc(C(=O)N4CCC(F)(F)CC4)cnc32)cn1. The number of nitrogens with zero attached hydrogens (tertiary/aromatic N) is 4. The molecule has 0 radical (unpaired) electrons. The van der Waals surface area contributed by atoms with Crippen molar-refractivity contribution in [3.63, 3.8) is 0 Å². The maximum absolute atomic E-state index is 13.3. The lowest BCUT2D eigenvalue weighted by molar-refractivity contribution is -0.0494. The minimum atomic E-state index is -2.70. The van der Waals surface area contributed by atoms with Crippen LogP contribution < -0.4 is 5.32 Å². The van der Waals surface area contributed by atoms with E-state index >= 15 is 0 Å². The molecule has 1 aliphatic rings. The first-order valence-corrected chi connectivity index (χ1v) is 9.77. The Labute approximate surface area is 171 Å². The van der Waals surface area contributed by atoms with Crippen LogP contribution in [-0.4, -0.2) is 56.8 Å². The maximum Gasteiger partial charge on any atom is 0.269 e. The van der Waals surface area contributed by atoms with Gasteiger partial charge in [0.1, 0.15) is 11.3 Å². The van der Waals surface area contributed by atoms with Gasteiger partial charge in [0.05, 0.1) is 17.4 Å². The highest BCUT2D eigenvalue weighted by atomic mass is 19.3. The highest BCUT2D eigenvalue weighted by Crippen LogP contribution is 2.28. The Hall–Kier alpha value is -3.36. The number of hydrogen-bond acceptors (Lipinski definition) is 4. The fourth-order valence-electron chi connectivity index (χ4n) is 3.48. The Kier molecular flexibility index (Phi) is 5.19. The number of pyridine rings is 2. The normalized spacial score (nSPS) is 15.9. The molecule has 0 spiro atoms. The first-order valence-electron chi connectivity index (χ1n) is 9.77. The smallest absolute Gasteiger partial charge is 0.269 e. The molecule has 4 heterocycles. The predicted octanol–water partition coefficient (Wildman–Crippen LogP) is 3.04. The number of carbonyl (C=O) groups excluding carboxylic acids is 2. The molecule has 0 saturated carbocycles. The third-order valence-corrected chi connectivity index (χ3v) is 5.15. The number of piperidine rings is 1. The number of likely N-dealkylation sites (tertiary alicyclic amines) is 1. The molecule has 4 rings (SSSR count). The van der Waals surface area contributed by atoms with Crippen molar-refractivity contribution in [1.29, 1.82) is 0 Å². The van der Waals surface area contributed by atoms with Crippen LogP contribution in [0.3, 0.4) is 0 Å². The molecular formula is C21H21F2N5O2. The maximum atomic E-state index is 13.3. The van der Waals surface area contributed by atoms with Gasteiger partial charge in [0, 0.05) is 50.3 Å². The topological polar surface area (TPSA) is 80.1 Å². The second kappa shape index (κ2) is 7.81. The van der Waals surface area contributed by atoms with Crippen LogP contribution in [0.15, 0.2) is 42.9 Å². The van der Waals surface area contributed by atoms with Gasteiger partial charge in [-0.25, -0.2) is 18.7 Å². The van der Waals surface area contributed by atoms with Crippen molar-refractivity contribution < 1.29 is 18.4 Å². The minimum Gasteiger partial charge on any atom is -0.351 e. The lowest BCUT2D eigenvalue weighted by Crippen LogP contribution is -2.42. The van der Waals surface area contributed by atoms with Gasteiger partial charge in [0.25, 0.3) is 17.7 Å². The molecule has 1 N–H and O–H groups in total. The first-order chi connectivity index (χ1) is 14.4. The Balaban J connectivity index is 1.55. The minimum absolute atomic E-state index is 0.0362. The molecule has 1 aliphatic heterocycles. The fraction of sp³-hybridized carbons (Fsp3) is 0.333. The van der Waals surface area contributed by atoms with Crippen LogP contribution in [0.25, 0.3) is 16.7 Å². The van der Waals surface area contributed by atoms with E-state index in [1.54, 1.807) is 35.2 Å². The van der Waals surface area contributed by atoms with Crippen LogP contribution in [0.1, 0.15) is 40.6 Å². The van der Waals surface area contributed by atoms with Gasteiger partial charge in [-0.3, -0.25) is 14.2 Å². The van der Waals surface area contributed by atoms with Gasteiger partial charge in [-0.1, -0.05) is 0 Å². The monoisotopic (exact) mass is 413 g/mol. The van der Waals surface area contributed by atoms with E-state index in [-0.39, 0.29) is 37.7 Å². The number of amides is 2. The summed E-state index contributed by atoms with van der Waals surface area (Å²) in [5.41, 5.74) is 2.05. The predicted molar refractivity (Wildman–Crippen MR) is 107 cm³/mol. The van der Waals surface area contributed by atoms with Gasteiger partial charge in [0.2, 0.25) is 0 Å². The Morgan fingerprint density at radius 3 is 2.57 bits per heavy atom. The summed E-state index contributed by atoms with van der Waals surface area (Å²) < 4.78 is 28.5. The van der Waals surface area contributed by atoms with E-state index in [1.807, 2.05) is 13.0 Å². The molecule has 30 heavy (non-hydrogen) atoms. The van der Waals surface area contributed by atoms with Gasteiger partial charge in [-0.15, -0.1) is 0 Å². The molecule has 3 aromatic rings. The fourth-order valence-corrected chi connectivity index (χ4v) is 3.48. The first kappa shape index (κ1) is 19.9. The number of halogens is 2. The highest BCUT2D eigenvalue weighted by Gasteiger charge is 2.35.